The molecule has 4 aliphatic rings. The van der Waals surface area contributed by atoms with E-state index in [2.05, 4.69) is 29.8 Å². The van der Waals surface area contributed by atoms with Gasteiger partial charge in [-0.2, -0.15) is 0 Å². The highest BCUT2D eigenvalue weighted by Gasteiger charge is 2.39. The lowest BCUT2D eigenvalue weighted by molar-refractivity contribution is -0.0373. The minimum atomic E-state index is -0.316. The molecule has 1 unspecified atom stereocenters. The largest absolute Gasteiger partial charge is 0.489 e. The van der Waals surface area contributed by atoms with Crippen LogP contribution in [0.1, 0.15) is 50.5 Å². The molecule has 26 heavy (non-hydrogen) atoms. The van der Waals surface area contributed by atoms with Crippen LogP contribution in [0.3, 0.4) is 0 Å². The van der Waals surface area contributed by atoms with Gasteiger partial charge >= 0.3 is 0 Å². The summed E-state index contributed by atoms with van der Waals surface area (Å²) >= 11 is 0. The molecule has 1 atom stereocenters. The highest BCUT2D eigenvalue weighted by atomic mass is 16.7. The van der Waals surface area contributed by atoms with Crippen molar-refractivity contribution < 1.29 is 19.0 Å². The zero-order valence-electron chi connectivity index (χ0n) is 15.2. The molecular formula is C21H27NO4. The maximum Gasteiger partial charge on any atom is 0.161 e. The number of ether oxygens (including phenoxy) is 3. The van der Waals surface area contributed by atoms with Gasteiger partial charge in [-0.15, -0.1) is 0 Å². The number of rotatable bonds is 6. The van der Waals surface area contributed by atoms with E-state index in [1.165, 1.54) is 25.7 Å². The minimum absolute atomic E-state index is 0.316. The summed E-state index contributed by atoms with van der Waals surface area (Å²) in [4.78, 5) is 5.81. The Balaban J connectivity index is 1.38. The van der Waals surface area contributed by atoms with Crippen LogP contribution in [-0.4, -0.2) is 31.5 Å². The van der Waals surface area contributed by atoms with Gasteiger partial charge in [-0.25, -0.2) is 0 Å². The van der Waals surface area contributed by atoms with Crippen molar-refractivity contribution in [2.45, 2.75) is 56.7 Å². The second-order valence-corrected chi connectivity index (χ2v) is 8.07. The van der Waals surface area contributed by atoms with E-state index in [1.807, 2.05) is 0 Å². The van der Waals surface area contributed by atoms with Crippen molar-refractivity contribution in [3.63, 3.8) is 0 Å². The SMILES string of the molecule is C1=C(c2ccc(OC3CCCC3)c(OCC3CC3)c2)NOC12CCOC2. The van der Waals surface area contributed by atoms with Gasteiger partial charge in [0.2, 0.25) is 0 Å². The van der Waals surface area contributed by atoms with Gasteiger partial charge in [-0.1, -0.05) is 0 Å². The summed E-state index contributed by atoms with van der Waals surface area (Å²) in [7, 11) is 0. The maximum absolute atomic E-state index is 6.25. The van der Waals surface area contributed by atoms with Gasteiger partial charge in [0, 0.05) is 18.6 Å². The average molecular weight is 357 g/mol. The molecule has 5 nitrogen and oxygen atoms in total. The predicted molar refractivity (Wildman–Crippen MR) is 97.9 cm³/mol. The van der Waals surface area contributed by atoms with E-state index in [0.717, 1.165) is 55.2 Å². The summed E-state index contributed by atoms with van der Waals surface area (Å²) in [6, 6.07) is 6.23. The normalized spacial score (nSPS) is 28.4. The molecule has 2 heterocycles. The third-order valence-corrected chi connectivity index (χ3v) is 5.81. The van der Waals surface area contributed by atoms with Gasteiger partial charge in [0.05, 0.1) is 25.0 Å². The van der Waals surface area contributed by atoms with Crippen molar-refractivity contribution in [2.24, 2.45) is 5.92 Å². The smallest absolute Gasteiger partial charge is 0.161 e. The van der Waals surface area contributed by atoms with E-state index in [1.54, 1.807) is 0 Å². The van der Waals surface area contributed by atoms with Crippen LogP contribution in [-0.2, 0) is 9.57 Å². The zero-order chi connectivity index (χ0) is 17.4. The van der Waals surface area contributed by atoms with Crippen LogP contribution in [0.2, 0.25) is 0 Å². The number of hydrogen-bond acceptors (Lipinski definition) is 5. The molecular weight excluding hydrogens is 330 g/mol. The Labute approximate surface area is 154 Å². The number of hydroxylamine groups is 1. The number of hydrogen-bond donors (Lipinski definition) is 1. The maximum atomic E-state index is 6.25. The molecule has 3 fully saturated rings. The highest BCUT2D eigenvalue weighted by molar-refractivity contribution is 5.68. The summed E-state index contributed by atoms with van der Waals surface area (Å²) in [5.41, 5.74) is 4.82. The summed E-state index contributed by atoms with van der Waals surface area (Å²) in [5.74, 6) is 2.44. The molecule has 1 aromatic carbocycles. The summed E-state index contributed by atoms with van der Waals surface area (Å²) in [6.07, 6.45) is 10.7. The quantitative estimate of drug-likeness (QED) is 0.838. The Bertz CT molecular complexity index is 685. The lowest BCUT2D eigenvalue weighted by Gasteiger charge is -2.18. The Morgan fingerprint density at radius 2 is 2.00 bits per heavy atom. The van der Waals surface area contributed by atoms with E-state index in [9.17, 15) is 0 Å². The number of benzene rings is 1. The van der Waals surface area contributed by atoms with Gasteiger partial charge in [0.1, 0.15) is 5.60 Å². The molecule has 0 bridgehead atoms. The van der Waals surface area contributed by atoms with E-state index in [-0.39, 0.29) is 5.60 Å². The molecule has 140 valence electrons. The standard InChI is InChI=1S/C21H27NO4/c1-2-4-17(3-1)25-19-8-7-16(11-20(19)24-13-15-5-6-15)18-12-21(26-22-18)9-10-23-14-21/h7-8,11-12,15,17,22H,1-6,9-10,13-14H2. The fraction of sp³-hybridized carbons (Fsp3) is 0.619. The second kappa shape index (κ2) is 6.78. The third-order valence-electron chi connectivity index (χ3n) is 5.81. The molecule has 5 rings (SSSR count). The van der Waals surface area contributed by atoms with Crippen molar-refractivity contribution >= 4 is 5.70 Å². The first-order valence-electron chi connectivity index (χ1n) is 9.98. The third kappa shape index (κ3) is 3.42. The van der Waals surface area contributed by atoms with Crippen molar-refractivity contribution in [2.75, 3.05) is 19.8 Å². The Kier molecular flexibility index (Phi) is 4.29. The number of nitrogens with one attached hydrogen (secondary N) is 1. The van der Waals surface area contributed by atoms with Crippen molar-refractivity contribution in [1.29, 1.82) is 0 Å². The molecule has 5 heteroatoms. The van der Waals surface area contributed by atoms with Crippen LogP contribution in [0.15, 0.2) is 24.3 Å². The molecule has 1 N–H and O–H groups in total. The fourth-order valence-corrected chi connectivity index (χ4v) is 3.94. The molecule has 1 aromatic rings. The average Bonchev–Trinajstić information content (AvgIpc) is 3.06. The monoisotopic (exact) mass is 357 g/mol. The molecule has 1 spiro atoms. The van der Waals surface area contributed by atoms with Crippen LogP contribution < -0.4 is 15.0 Å². The zero-order valence-corrected chi connectivity index (χ0v) is 15.2. The van der Waals surface area contributed by atoms with Gasteiger partial charge in [0.25, 0.3) is 0 Å². The molecule has 2 saturated carbocycles. The predicted octanol–water partition coefficient (Wildman–Crippen LogP) is 3.83. The molecule has 0 amide bonds. The van der Waals surface area contributed by atoms with Crippen molar-refractivity contribution in [1.82, 2.24) is 5.48 Å². The topological polar surface area (TPSA) is 49.0 Å². The summed E-state index contributed by atoms with van der Waals surface area (Å²) in [6.45, 7) is 2.14. The van der Waals surface area contributed by atoms with E-state index >= 15 is 0 Å². The highest BCUT2D eigenvalue weighted by Crippen LogP contribution is 2.38. The minimum Gasteiger partial charge on any atom is -0.489 e. The summed E-state index contributed by atoms with van der Waals surface area (Å²) in [5, 5.41) is 0. The lowest BCUT2D eigenvalue weighted by atomic mass is 10.0. The first-order valence-corrected chi connectivity index (χ1v) is 9.98. The first kappa shape index (κ1) is 16.5. The van der Waals surface area contributed by atoms with Crippen molar-refractivity contribution in [3.05, 3.63) is 29.8 Å². The van der Waals surface area contributed by atoms with Gasteiger partial charge in [0.15, 0.2) is 11.5 Å². The van der Waals surface area contributed by atoms with Gasteiger partial charge in [-0.3, -0.25) is 10.3 Å². The Hall–Kier alpha value is -1.72. The fourth-order valence-electron chi connectivity index (χ4n) is 3.94. The van der Waals surface area contributed by atoms with Crippen molar-refractivity contribution in [3.8, 4) is 11.5 Å². The summed E-state index contributed by atoms with van der Waals surface area (Å²) < 4.78 is 17.9. The van der Waals surface area contributed by atoms with E-state index in [4.69, 9.17) is 19.0 Å². The molecule has 2 aliphatic heterocycles. The van der Waals surface area contributed by atoms with Gasteiger partial charge < -0.3 is 14.2 Å². The van der Waals surface area contributed by atoms with Crippen LogP contribution in [0, 0.1) is 5.92 Å². The first-order chi connectivity index (χ1) is 12.8. The Morgan fingerprint density at radius 3 is 2.77 bits per heavy atom. The van der Waals surface area contributed by atoms with Crippen LogP contribution in [0.4, 0.5) is 0 Å². The second-order valence-electron chi connectivity index (χ2n) is 8.07. The lowest BCUT2D eigenvalue weighted by Crippen LogP contribution is -2.29. The Morgan fingerprint density at radius 1 is 1.12 bits per heavy atom. The molecule has 1 saturated heterocycles. The molecule has 0 radical (unpaired) electrons. The van der Waals surface area contributed by atoms with Crippen LogP contribution in [0.25, 0.3) is 5.70 Å². The van der Waals surface area contributed by atoms with Gasteiger partial charge in [-0.05, 0) is 68.7 Å². The van der Waals surface area contributed by atoms with Crippen LogP contribution >= 0.6 is 0 Å². The molecule has 2 aliphatic carbocycles. The van der Waals surface area contributed by atoms with E-state index < -0.39 is 0 Å². The van der Waals surface area contributed by atoms with E-state index in [0.29, 0.717) is 18.6 Å². The van der Waals surface area contributed by atoms with Crippen LogP contribution in [0.5, 0.6) is 11.5 Å². The molecule has 0 aromatic heterocycles.